The van der Waals surface area contributed by atoms with Crippen LogP contribution in [-0.4, -0.2) is 25.6 Å². The molecule has 0 radical (unpaired) electrons. The molecule has 1 aliphatic rings. The van der Waals surface area contributed by atoms with Gasteiger partial charge < -0.3 is 4.98 Å². The van der Waals surface area contributed by atoms with E-state index in [1.807, 2.05) is 6.07 Å². The fourth-order valence-corrected chi connectivity index (χ4v) is 3.22. The van der Waals surface area contributed by atoms with Crippen molar-refractivity contribution in [2.45, 2.75) is 25.2 Å². The Labute approximate surface area is 126 Å². The van der Waals surface area contributed by atoms with E-state index in [1.165, 1.54) is 11.1 Å². The van der Waals surface area contributed by atoms with Gasteiger partial charge in [0.05, 0.1) is 5.56 Å². The second kappa shape index (κ2) is 5.22. The lowest BCUT2D eigenvalue weighted by molar-refractivity contribution is 0.603. The Hall–Kier alpha value is -2.76. The van der Waals surface area contributed by atoms with Gasteiger partial charge in [0.1, 0.15) is 0 Å². The molecule has 2 N–H and O–H groups in total. The van der Waals surface area contributed by atoms with Crippen LogP contribution in [0.3, 0.4) is 0 Å². The van der Waals surface area contributed by atoms with Crippen LogP contribution in [0.15, 0.2) is 41.2 Å². The molecule has 6 heteroatoms. The summed E-state index contributed by atoms with van der Waals surface area (Å²) < 4.78 is 0. The van der Waals surface area contributed by atoms with Crippen molar-refractivity contribution < 1.29 is 0 Å². The molecule has 0 saturated carbocycles. The normalized spacial score (nSPS) is 17.2. The molecule has 0 bridgehead atoms. The maximum atomic E-state index is 12.3. The molecule has 3 aromatic rings. The number of tetrazole rings is 1. The summed E-state index contributed by atoms with van der Waals surface area (Å²) in [6, 6.07) is 12.2. The summed E-state index contributed by atoms with van der Waals surface area (Å²) in [6.45, 7) is 0. The Balaban J connectivity index is 1.76. The molecule has 1 aromatic carbocycles. The maximum Gasteiger partial charge on any atom is 0.259 e. The fraction of sp³-hybridized carbons (Fsp3) is 0.250. The van der Waals surface area contributed by atoms with Crippen LogP contribution in [-0.2, 0) is 6.42 Å². The first-order valence-electron chi connectivity index (χ1n) is 7.38. The highest BCUT2D eigenvalue weighted by atomic mass is 16.1. The molecular weight excluding hydrogens is 278 g/mol. The van der Waals surface area contributed by atoms with Crippen LogP contribution in [0.2, 0.25) is 0 Å². The molecule has 1 atom stereocenters. The van der Waals surface area contributed by atoms with E-state index < -0.39 is 0 Å². The molecule has 0 aliphatic heterocycles. The van der Waals surface area contributed by atoms with Crippen LogP contribution in [0.25, 0.3) is 11.4 Å². The Morgan fingerprint density at radius 1 is 1.14 bits per heavy atom. The van der Waals surface area contributed by atoms with Gasteiger partial charge >= 0.3 is 0 Å². The summed E-state index contributed by atoms with van der Waals surface area (Å²) in [6.07, 6.45) is 3.29. The Bertz CT molecular complexity index is 853. The topological polar surface area (TPSA) is 87.3 Å². The lowest BCUT2D eigenvalue weighted by atomic mass is 9.81. The van der Waals surface area contributed by atoms with Crippen molar-refractivity contribution >= 4 is 0 Å². The third-order valence-corrected chi connectivity index (χ3v) is 4.26. The number of fused-ring (bicyclic) bond motifs is 1. The highest BCUT2D eigenvalue weighted by Crippen LogP contribution is 2.35. The predicted molar refractivity (Wildman–Crippen MR) is 81.5 cm³/mol. The monoisotopic (exact) mass is 293 g/mol. The molecule has 0 spiro atoms. The van der Waals surface area contributed by atoms with Gasteiger partial charge in [-0.1, -0.05) is 24.3 Å². The molecule has 4 rings (SSSR count). The number of aryl methyl sites for hydroxylation is 1. The van der Waals surface area contributed by atoms with Gasteiger partial charge in [0.2, 0.25) is 5.82 Å². The standard InChI is InChI=1S/C16H15N5O/c22-16-13(15-18-20-21-19-15)8-9-14(17-16)12-7-3-5-10-4-1-2-6-11(10)12/h1-2,4,6,8-9,12H,3,5,7H2,(H,17,22)(H,18,19,20,21). The first kappa shape index (κ1) is 12.9. The van der Waals surface area contributed by atoms with Gasteiger partial charge in [0.25, 0.3) is 5.56 Å². The molecule has 2 aromatic heterocycles. The Kier molecular flexibility index (Phi) is 3.07. The van der Waals surface area contributed by atoms with Crippen LogP contribution in [0.4, 0.5) is 0 Å². The number of nitrogens with zero attached hydrogens (tertiary/aromatic N) is 3. The molecule has 2 heterocycles. The molecule has 110 valence electrons. The van der Waals surface area contributed by atoms with Gasteiger partial charge in [-0.05, 0) is 47.7 Å². The largest absolute Gasteiger partial charge is 0.325 e. The molecule has 0 fully saturated rings. The van der Waals surface area contributed by atoms with E-state index in [0.717, 1.165) is 25.0 Å². The van der Waals surface area contributed by atoms with Gasteiger partial charge in [0, 0.05) is 11.6 Å². The maximum absolute atomic E-state index is 12.3. The number of pyridine rings is 1. The van der Waals surface area contributed by atoms with Crippen molar-refractivity contribution in [3.8, 4) is 11.4 Å². The van der Waals surface area contributed by atoms with E-state index in [2.05, 4.69) is 49.9 Å². The fourth-order valence-electron chi connectivity index (χ4n) is 3.22. The second-order valence-corrected chi connectivity index (χ2v) is 5.54. The van der Waals surface area contributed by atoms with E-state index in [-0.39, 0.29) is 11.5 Å². The number of hydrogen-bond acceptors (Lipinski definition) is 4. The molecule has 22 heavy (non-hydrogen) atoms. The SMILES string of the molecule is O=c1[nH]c(C2CCCc3ccccc32)ccc1-c1nn[nH]n1. The average Bonchev–Trinajstić information content (AvgIpc) is 3.08. The van der Waals surface area contributed by atoms with E-state index in [9.17, 15) is 4.79 Å². The Morgan fingerprint density at radius 2 is 2.05 bits per heavy atom. The van der Waals surface area contributed by atoms with Crippen LogP contribution >= 0.6 is 0 Å². The minimum Gasteiger partial charge on any atom is -0.325 e. The van der Waals surface area contributed by atoms with Crippen molar-refractivity contribution in [3.63, 3.8) is 0 Å². The quantitative estimate of drug-likeness (QED) is 0.756. The van der Waals surface area contributed by atoms with Crippen molar-refractivity contribution in [1.29, 1.82) is 0 Å². The van der Waals surface area contributed by atoms with Gasteiger partial charge in [-0.15, -0.1) is 10.2 Å². The van der Waals surface area contributed by atoms with Crippen molar-refractivity contribution in [3.05, 3.63) is 63.6 Å². The zero-order chi connectivity index (χ0) is 14.9. The highest BCUT2D eigenvalue weighted by molar-refractivity contribution is 5.52. The van der Waals surface area contributed by atoms with E-state index in [1.54, 1.807) is 6.07 Å². The minimum absolute atomic E-state index is 0.179. The van der Waals surface area contributed by atoms with Gasteiger partial charge in [-0.2, -0.15) is 5.21 Å². The van der Waals surface area contributed by atoms with E-state index in [0.29, 0.717) is 11.4 Å². The summed E-state index contributed by atoms with van der Waals surface area (Å²) in [4.78, 5) is 15.3. The average molecular weight is 293 g/mol. The molecule has 6 nitrogen and oxygen atoms in total. The van der Waals surface area contributed by atoms with Crippen molar-refractivity contribution in [2.24, 2.45) is 0 Å². The lowest BCUT2D eigenvalue weighted by Gasteiger charge is -2.25. The van der Waals surface area contributed by atoms with Crippen molar-refractivity contribution in [1.82, 2.24) is 25.6 Å². The zero-order valence-electron chi connectivity index (χ0n) is 11.9. The number of nitrogens with one attached hydrogen (secondary N) is 2. The van der Waals surface area contributed by atoms with E-state index in [4.69, 9.17) is 0 Å². The zero-order valence-corrected chi connectivity index (χ0v) is 11.9. The third kappa shape index (κ3) is 2.13. The summed E-state index contributed by atoms with van der Waals surface area (Å²) >= 11 is 0. The van der Waals surface area contributed by atoms with Gasteiger partial charge in [-0.3, -0.25) is 4.79 Å². The van der Waals surface area contributed by atoms with Gasteiger partial charge in [0.15, 0.2) is 0 Å². The molecule has 1 aliphatic carbocycles. The highest BCUT2D eigenvalue weighted by Gasteiger charge is 2.22. The summed E-state index contributed by atoms with van der Waals surface area (Å²) in [7, 11) is 0. The Morgan fingerprint density at radius 3 is 2.86 bits per heavy atom. The predicted octanol–water partition coefficient (Wildman–Crippen LogP) is 2.02. The smallest absolute Gasteiger partial charge is 0.259 e. The van der Waals surface area contributed by atoms with Crippen LogP contribution < -0.4 is 5.56 Å². The molecule has 0 amide bonds. The van der Waals surface area contributed by atoms with Crippen LogP contribution in [0.5, 0.6) is 0 Å². The number of H-pyrrole nitrogens is 2. The molecule has 1 unspecified atom stereocenters. The number of hydrogen-bond donors (Lipinski definition) is 2. The number of rotatable bonds is 2. The first-order valence-corrected chi connectivity index (χ1v) is 7.38. The van der Waals surface area contributed by atoms with Crippen LogP contribution in [0.1, 0.15) is 35.6 Å². The number of aromatic amines is 2. The van der Waals surface area contributed by atoms with E-state index >= 15 is 0 Å². The van der Waals surface area contributed by atoms with Crippen LogP contribution in [0, 0.1) is 0 Å². The van der Waals surface area contributed by atoms with Gasteiger partial charge in [-0.25, -0.2) is 0 Å². The first-order chi connectivity index (χ1) is 10.8. The lowest BCUT2D eigenvalue weighted by Crippen LogP contribution is -2.18. The number of aromatic nitrogens is 5. The summed E-state index contributed by atoms with van der Waals surface area (Å²) in [5.74, 6) is 0.564. The summed E-state index contributed by atoms with van der Waals surface area (Å²) in [5.41, 5.74) is 3.89. The minimum atomic E-state index is -0.179. The second-order valence-electron chi connectivity index (χ2n) is 5.54. The number of benzene rings is 1. The van der Waals surface area contributed by atoms with Crippen molar-refractivity contribution in [2.75, 3.05) is 0 Å². The third-order valence-electron chi connectivity index (χ3n) is 4.26. The molecule has 0 saturated heterocycles. The summed E-state index contributed by atoms with van der Waals surface area (Å²) in [5, 5.41) is 13.6. The molecular formula is C16H15N5O.